The van der Waals surface area contributed by atoms with Crippen LogP contribution < -0.4 is 17.2 Å². The molecule has 92 valence electrons. The maximum absolute atomic E-state index is 12.4. The molecule has 0 aliphatic carbocycles. The smallest absolute Gasteiger partial charge is 0.241 e. The molecule has 1 aliphatic rings. The molecule has 0 spiro atoms. The van der Waals surface area contributed by atoms with Gasteiger partial charge in [0.15, 0.2) is 0 Å². The van der Waals surface area contributed by atoms with Gasteiger partial charge in [-0.25, -0.2) is 8.78 Å². The molecule has 1 saturated heterocycles. The van der Waals surface area contributed by atoms with Crippen LogP contribution in [0.3, 0.4) is 0 Å². The van der Waals surface area contributed by atoms with Gasteiger partial charge in [-0.05, 0) is 25.0 Å². The molecule has 16 heavy (non-hydrogen) atoms. The predicted octanol–water partition coefficient (Wildman–Crippen LogP) is 0.522. The van der Waals surface area contributed by atoms with E-state index in [0.717, 1.165) is 0 Å². The fraction of sp³-hybridized carbons (Fsp3) is 0.600. The molecular formula is C10H18F2N4. The summed E-state index contributed by atoms with van der Waals surface area (Å²) < 4.78 is 24.8. The van der Waals surface area contributed by atoms with Gasteiger partial charge in [-0.2, -0.15) is 0 Å². The summed E-state index contributed by atoms with van der Waals surface area (Å²) in [4.78, 5) is 1.86. The lowest BCUT2D eigenvalue weighted by atomic mass is 9.97. The molecule has 0 aromatic carbocycles. The van der Waals surface area contributed by atoms with Crippen LogP contribution >= 0.6 is 0 Å². The first-order valence-electron chi connectivity index (χ1n) is 5.22. The molecule has 0 amide bonds. The Balaban J connectivity index is 2.47. The van der Waals surface area contributed by atoms with Gasteiger partial charge in [-0.1, -0.05) is 0 Å². The van der Waals surface area contributed by atoms with Crippen molar-refractivity contribution in [1.29, 1.82) is 0 Å². The Morgan fingerprint density at radius 1 is 1.12 bits per heavy atom. The summed E-state index contributed by atoms with van der Waals surface area (Å²) >= 11 is 0. The Morgan fingerprint density at radius 3 is 2.12 bits per heavy atom. The van der Waals surface area contributed by atoms with Gasteiger partial charge in [0.25, 0.3) is 0 Å². The average Bonchev–Trinajstić information content (AvgIpc) is 2.26. The molecule has 1 aliphatic heterocycles. The molecule has 0 aromatic heterocycles. The summed E-state index contributed by atoms with van der Waals surface area (Å²) in [5, 5.41) is 0. The molecule has 0 unspecified atom stereocenters. The van der Waals surface area contributed by atoms with E-state index in [2.05, 4.69) is 0 Å². The summed E-state index contributed by atoms with van der Waals surface area (Å²) in [6.45, 7) is 1.10. The number of allylic oxidation sites excluding steroid dienone is 2. The SMILES string of the molecule is NC(N)=C/C=C(\N)N1CCC(C(F)F)CC1. The Kier molecular flexibility index (Phi) is 4.39. The van der Waals surface area contributed by atoms with E-state index < -0.39 is 12.3 Å². The van der Waals surface area contributed by atoms with Gasteiger partial charge < -0.3 is 22.1 Å². The molecule has 0 atom stereocenters. The number of hydrogen-bond acceptors (Lipinski definition) is 4. The molecule has 6 N–H and O–H groups in total. The van der Waals surface area contributed by atoms with Crippen LogP contribution in [0.25, 0.3) is 0 Å². The third kappa shape index (κ3) is 3.60. The minimum atomic E-state index is -2.23. The van der Waals surface area contributed by atoms with Gasteiger partial charge in [-0.3, -0.25) is 0 Å². The fourth-order valence-electron chi connectivity index (χ4n) is 1.70. The molecule has 4 nitrogen and oxygen atoms in total. The maximum atomic E-state index is 12.4. The Hall–Kier alpha value is -1.46. The van der Waals surface area contributed by atoms with Crippen molar-refractivity contribution < 1.29 is 8.78 Å². The van der Waals surface area contributed by atoms with Crippen LogP contribution in [0.5, 0.6) is 0 Å². The predicted molar refractivity (Wildman–Crippen MR) is 59.0 cm³/mol. The number of hydrogen-bond donors (Lipinski definition) is 3. The molecule has 0 aromatic rings. The highest BCUT2D eigenvalue weighted by Crippen LogP contribution is 2.24. The van der Waals surface area contributed by atoms with Crippen LogP contribution in [0.2, 0.25) is 0 Å². The first-order chi connectivity index (χ1) is 7.50. The molecule has 0 bridgehead atoms. The lowest BCUT2D eigenvalue weighted by Gasteiger charge is -2.33. The zero-order chi connectivity index (χ0) is 12.1. The summed E-state index contributed by atoms with van der Waals surface area (Å²) in [7, 11) is 0. The second-order valence-electron chi connectivity index (χ2n) is 3.92. The van der Waals surface area contributed by atoms with Crippen molar-refractivity contribution in [3.63, 3.8) is 0 Å². The highest BCUT2D eigenvalue weighted by molar-refractivity contribution is 5.12. The number of likely N-dealkylation sites (tertiary alicyclic amines) is 1. The largest absolute Gasteiger partial charge is 0.386 e. The van der Waals surface area contributed by atoms with E-state index in [4.69, 9.17) is 17.2 Å². The van der Waals surface area contributed by atoms with Crippen LogP contribution in [0.1, 0.15) is 12.8 Å². The molecule has 1 rings (SSSR count). The van der Waals surface area contributed by atoms with E-state index in [9.17, 15) is 8.78 Å². The fourth-order valence-corrected chi connectivity index (χ4v) is 1.70. The molecular weight excluding hydrogens is 214 g/mol. The molecule has 1 fully saturated rings. The average molecular weight is 232 g/mol. The quantitative estimate of drug-likeness (QED) is 0.620. The second-order valence-corrected chi connectivity index (χ2v) is 3.92. The first kappa shape index (κ1) is 12.6. The summed E-state index contributed by atoms with van der Waals surface area (Å²) in [6, 6.07) is 0. The number of nitrogens with two attached hydrogens (primary N) is 3. The van der Waals surface area contributed by atoms with Gasteiger partial charge in [0.1, 0.15) is 0 Å². The van der Waals surface area contributed by atoms with Crippen molar-refractivity contribution in [3.8, 4) is 0 Å². The first-order valence-corrected chi connectivity index (χ1v) is 5.22. The number of nitrogens with zero attached hydrogens (tertiary/aromatic N) is 1. The zero-order valence-corrected chi connectivity index (χ0v) is 9.07. The van der Waals surface area contributed by atoms with Crippen molar-refractivity contribution in [2.75, 3.05) is 13.1 Å². The van der Waals surface area contributed by atoms with Crippen molar-refractivity contribution in [2.24, 2.45) is 23.1 Å². The summed E-state index contributed by atoms with van der Waals surface area (Å²) in [5.41, 5.74) is 16.3. The van der Waals surface area contributed by atoms with E-state index in [0.29, 0.717) is 31.8 Å². The Labute approximate surface area is 93.7 Å². The van der Waals surface area contributed by atoms with Gasteiger partial charge in [-0.15, -0.1) is 0 Å². The summed E-state index contributed by atoms with van der Waals surface area (Å²) in [5.74, 6) is 0.186. The molecule has 6 heteroatoms. The van der Waals surface area contributed by atoms with Crippen molar-refractivity contribution >= 4 is 0 Å². The summed E-state index contributed by atoms with van der Waals surface area (Å²) in [6.07, 6.45) is 1.79. The third-order valence-corrected chi connectivity index (χ3v) is 2.71. The minimum absolute atomic E-state index is 0.172. The molecule has 0 saturated carbocycles. The topological polar surface area (TPSA) is 81.3 Å². The molecule has 0 radical (unpaired) electrons. The second kappa shape index (κ2) is 5.58. The van der Waals surface area contributed by atoms with E-state index in [1.807, 2.05) is 4.90 Å². The van der Waals surface area contributed by atoms with Gasteiger partial charge in [0.05, 0.1) is 11.6 Å². The zero-order valence-electron chi connectivity index (χ0n) is 9.07. The van der Waals surface area contributed by atoms with Gasteiger partial charge >= 0.3 is 0 Å². The third-order valence-electron chi connectivity index (χ3n) is 2.71. The van der Waals surface area contributed by atoms with Crippen molar-refractivity contribution in [1.82, 2.24) is 4.90 Å². The van der Waals surface area contributed by atoms with Crippen LogP contribution in [-0.4, -0.2) is 24.4 Å². The Bertz CT molecular complexity index is 277. The number of alkyl halides is 2. The van der Waals surface area contributed by atoms with E-state index in [1.165, 1.54) is 6.08 Å². The van der Waals surface area contributed by atoms with E-state index in [-0.39, 0.29) is 5.82 Å². The number of rotatable bonds is 3. The minimum Gasteiger partial charge on any atom is -0.386 e. The number of piperidine rings is 1. The van der Waals surface area contributed by atoms with Crippen LogP contribution in [-0.2, 0) is 0 Å². The van der Waals surface area contributed by atoms with Crippen molar-refractivity contribution in [2.45, 2.75) is 19.3 Å². The van der Waals surface area contributed by atoms with Crippen LogP contribution in [0, 0.1) is 5.92 Å². The van der Waals surface area contributed by atoms with Crippen LogP contribution in [0.15, 0.2) is 23.8 Å². The molecule has 1 heterocycles. The van der Waals surface area contributed by atoms with Gasteiger partial charge in [0, 0.05) is 19.0 Å². The van der Waals surface area contributed by atoms with Crippen LogP contribution in [0.4, 0.5) is 8.78 Å². The monoisotopic (exact) mass is 232 g/mol. The maximum Gasteiger partial charge on any atom is 0.241 e. The highest BCUT2D eigenvalue weighted by Gasteiger charge is 2.26. The lowest BCUT2D eigenvalue weighted by molar-refractivity contribution is 0.0417. The Morgan fingerprint density at radius 2 is 1.69 bits per heavy atom. The van der Waals surface area contributed by atoms with Crippen molar-refractivity contribution in [3.05, 3.63) is 23.8 Å². The highest BCUT2D eigenvalue weighted by atomic mass is 19.3. The van der Waals surface area contributed by atoms with Gasteiger partial charge in [0.2, 0.25) is 6.43 Å². The van der Waals surface area contributed by atoms with E-state index >= 15 is 0 Å². The number of halogens is 2. The van der Waals surface area contributed by atoms with E-state index in [1.54, 1.807) is 6.08 Å². The lowest BCUT2D eigenvalue weighted by Crippen LogP contribution is -2.37. The standard InChI is InChI=1S/C10H18F2N4/c11-10(12)7-3-5-16(6-4-7)9(15)2-1-8(13)14/h1-2,7,10H,3-6,13-15H2/b9-2+. The normalized spacial score (nSPS) is 18.9.